The van der Waals surface area contributed by atoms with Gasteiger partial charge in [-0.1, -0.05) is 6.92 Å². The zero-order valence-corrected chi connectivity index (χ0v) is 8.87. The van der Waals surface area contributed by atoms with E-state index in [1.165, 1.54) is 0 Å². The third-order valence-corrected chi connectivity index (χ3v) is 2.84. The Hall–Kier alpha value is -1.29. The predicted molar refractivity (Wildman–Crippen MR) is 54.2 cm³/mol. The molecular formula is C12H12F2O2. The Morgan fingerprint density at radius 1 is 1.44 bits per heavy atom. The second kappa shape index (κ2) is 4.29. The molecule has 1 aliphatic heterocycles. The Bertz CT molecular complexity index is 417. The Morgan fingerprint density at radius 3 is 2.81 bits per heavy atom. The van der Waals surface area contributed by atoms with Crippen LogP contribution in [-0.2, 0) is 4.74 Å². The minimum Gasteiger partial charge on any atom is -0.370 e. The molecule has 0 amide bonds. The summed E-state index contributed by atoms with van der Waals surface area (Å²) in [6.07, 6.45) is 0.129. The first-order chi connectivity index (χ1) is 7.59. The summed E-state index contributed by atoms with van der Waals surface area (Å²) in [6.45, 7) is 2.36. The van der Waals surface area contributed by atoms with Crippen molar-refractivity contribution in [2.75, 3.05) is 6.61 Å². The molecule has 16 heavy (non-hydrogen) atoms. The number of hydrogen-bond donors (Lipinski definition) is 0. The number of ketones is 1. The minimum absolute atomic E-state index is 0.0511. The summed E-state index contributed by atoms with van der Waals surface area (Å²) >= 11 is 0. The highest BCUT2D eigenvalue weighted by Crippen LogP contribution is 2.24. The first-order valence-electron chi connectivity index (χ1n) is 5.20. The summed E-state index contributed by atoms with van der Waals surface area (Å²) < 4.78 is 31.5. The molecule has 0 bridgehead atoms. The van der Waals surface area contributed by atoms with Crippen LogP contribution in [0.25, 0.3) is 0 Å². The molecule has 2 nitrogen and oxygen atoms in total. The van der Waals surface area contributed by atoms with E-state index >= 15 is 0 Å². The van der Waals surface area contributed by atoms with E-state index < -0.39 is 23.5 Å². The van der Waals surface area contributed by atoms with Crippen molar-refractivity contribution in [2.24, 2.45) is 5.92 Å². The standard InChI is InChI=1S/C12H12F2O2/c1-7-4-5-16-12(7)11(15)9-6-8(13)2-3-10(9)14/h2-3,6-7,12H,4-5H2,1H3. The van der Waals surface area contributed by atoms with Gasteiger partial charge < -0.3 is 4.74 Å². The quantitative estimate of drug-likeness (QED) is 0.724. The van der Waals surface area contributed by atoms with Gasteiger partial charge in [0, 0.05) is 6.61 Å². The molecule has 0 aliphatic carbocycles. The van der Waals surface area contributed by atoms with Crippen molar-refractivity contribution in [1.82, 2.24) is 0 Å². The van der Waals surface area contributed by atoms with E-state index in [0.717, 1.165) is 24.6 Å². The number of carbonyl (C=O) groups is 1. The monoisotopic (exact) mass is 226 g/mol. The Labute approximate surface area is 92.2 Å². The van der Waals surface area contributed by atoms with Crippen LogP contribution in [0.15, 0.2) is 18.2 Å². The van der Waals surface area contributed by atoms with Crippen LogP contribution in [0.3, 0.4) is 0 Å². The van der Waals surface area contributed by atoms with Gasteiger partial charge >= 0.3 is 0 Å². The highest BCUT2D eigenvalue weighted by Gasteiger charge is 2.32. The number of ether oxygens (including phenoxy) is 1. The van der Waals surface area contributed by atoms with Crippen LogP contribution in [-0.4, -0.2) is 18.5 Å². The number of benzene rings is 1. The van der Waals surface area contributed by atoms with Gasteiger partial charge in [0.25, 0.3) is 0 Å². The van der Waals surface area contributed by atoms with E-state index in [1.807, 2.05) is 6.92 Å². The molecule has 1 saturated heterocycles. The molecule has 1 fully saturated rings. The van der Waals surface area contributed by atoms with Crippen LogP contribution in [0.2, 0.25) is 0 Å². The van der Waals surface area contributed by atoms with Crippen molar-refractivity contribution in [2.45, 2.75) is 19.4 Å². The maximum atomic E-state index is 13.4. The largest absolute Gasteiger partial charge is 0.370 e. The molecule has 1 aliphatic rings. The Morgan fingerprint density at radius 2 is 2.19 bits per heavy atom. The highest BCUT2D eigenvalue weighted by molar-refractivity contribution is 6.00. The average Bonchev–Trinajstić information content (AvgIpc) is 2.67. The summed E-state index contributed by atoms with van der Waals surface area (Å²) in [5, 5.41) is 0. The van der Waals surface area contributed by atoms with Gasteiger partial charge in [-0.3, -0.25) is 4.79 Å². The number of carbonyl (C=O) groups excluding carboxylic acids is 1. The smallest absolute Gasteiger partial charge is 0.194 e. The van der Waals surface area contributed by atoms with Gasteiger partial charge in [-0.2, -0.15) is 0 Å². The molecule has 1 aromatic carbocycles. The number of halogens is 2. The second-order valence-corrected chi connectivity index (χ2v) is 4.05. The summed E-state index contributed by atoms with van der Waals surface area (Å²) in [4.78, 5) is 11.9. The predicted octanol–water partition coefficient (Wildman–Crippen LogP) is 2.57. The lowest BCUT2D eigenvalue weighted by Crippen LogP contribution is -2.26. The zero-order valence-electron chi connectivity index (χ0n) is 8.87. The van der Waals surface area contributed by atoms with Crippen molar-refractivity contribution in [3.05, 3.63) is 35.4 Å². The van der Waals surface area contributed by atoms with Crippen molar-refractivity contribution in [3.63, 3.8) is 0 Å². The van der Waals surface area contributed by atoms with E-state index in [0.29, 0.717) is 6.61 Å². The fourth-order valence-electron chi connectivity index (χ4n) is 1.87. The maximum Gasteiger partial charge on any atom is 0.194 e. The second-order valence-electron chi connectivity index (χ2n) is 4.05. The van der Waals surface area contributed by atoms with Crippen LogP contribution in [0.5, 0.6) is 0 Å². The molecule has 0 aromatic heterocycles. The molecule has 1 aromatic rings. The molecule has 4 heteroatoms. The van der Waals surface area contributed by atoms with Crippen molar-refractivity contribution < 1.29 is 18.3 Å². The van der Waals surface area contributed by atoms with E-state index in [1.54, 1.807) is 0 Å². The van der Waals surface area contributed by atoms with Crippen LogP contribution < -0.4 is 0 Å². The summed E-state index contributed by atoms with van der Waals surface area (Å²) in [6, 6.07) is 2.87. The molecule has 0 spiro atoms. The van der Waals surface area contributed by atoms with E-state index in [4.69, 9.17) is 4.74 Å². The Balaban J connectivity index is 2.29. The summed E-state index contributed by atoms with van der Waals surface area (Å²) in [5.74, 6) is -1.73. The highest BCUT2D eigenvalue weighted by atomic mass is 19.1. The van der Waals surface area contributed by atoms with Crippen molar-refractivity contribution >= 4 is 5.78 Å². The number of rotatable bonds is 2. The topological polar surface area (TPSA) is 26.3 Å². The fourth-order valence-corrected chi connectivity index (χ4v) is 1.87. The van der Waals surface area contributed by atoms with Gasteiger partial charge in [0.15, 0.2) is 5.78 Å². The fraction of sp³-hybridized carbons (Fsp3) is 0.417. The third-order valence-electron chi connectivity index (χ3n) is 2.84. The molecule has 0 N–H and O–H groups in total. The van der Waals surface area contributed by atoms with Gasteiger partial charge in [-0.25, -0.2) is 8.78 Å². The molecule has 2 unspecified atom stereocenters. The molecule has 2 rings (SSSR count). The average molecular weight is 226 g/mol. The van der Waals surface area contributed by atoms with Crippen LogP contribution in [0.1, 0.15) is 23.7 Å². The molecule has 2 atom stereocenters. The van der Waals surface area contributed by atoms with Gasteiger partial charge in [-0.15, -0.1) is 0 Å². The van der Waals surface area contributed by atoms with Crippen LogP contribution in [0, 0.1) is 17.6 Å². The van der Waals surface area contributed by atoms with Crippen LogP contribution in [0.4, 0.5) is 8.78 Å². The van der Waals surface area contributed by atoms with Crippen LogP contribution >= 0.6 is 0 Å². The SMILES string of the molecule is CC1CCOC1C(=O)c1cc(F)ccc1F. The molecule has 86 valence electrons. The number of hydrogen-bond acceptors (Lipinski definition) is 2. The minimum atomic E-state index is -0.700. The normalized spacial score (nSPS) is 24.7. The van der Waals surface area contributed by atoms with Gasteiger partial charge in [0.1, 0.15) is 17.7 Å². The number of Topliss-reactive ketones (excluding diaryl/α,β-unsaturated/α-hetero) is 1. The first kappa shape index (κ1) is 11.2. The van der Waals surface area contributed by atoms with Gasteiger partial charge in [0.05, 0.1) is 5.56 Å². The lowest BCUT2D eigenvalue weighted by molar-refractivity contribution is 0.0575. The first-order valence-corrected chi connectivity index (χ1v) is 5.20. The summed E-state index contributed by atoms with van der Waals surface area (Å²) in [7, 11) is 0. The molecular weight excluding hydrogens is 214 g/mol. The lowest BCUT2D eigenvalue weighted by Gasteiger charge is -2.13. The zero-order chi connectivity index (χ0) is 11.7. The molecule has 1 heterocycles. The molecule has 0 saturated carbocycles. The van der Waals surface area contributed by atoms with Crippen molar-refractivity contribution in [1.29, 1.82) is 0 Å². The van der Waals surface area contributed by atoms with Gasteiger partial charge in [0.2, 0.25) is 0 Å². The Kier molecular flexibility index (Phi) is 3.01. The third kappa shape index (κ3) is 1.97. The van der Waals surface area contributed by atoms with Gasteiger partial charge in [-0.05, 0) is 30.5 Å². The summed E-state index contributed by atoms with van der Waals surface area (Å²) in [5.41, 5.74) is -0.223. The van der Waals surface area contributed by atoms with E-state index in [-0.39, 0.29) is 11.5 Å². The van der Waals surface area contributed by atoms with E-state index in [9.17, 15) is 13.6 Å². The van der Waals surface area contributed by atoms with Crippen molar-refractivity contribution in [3.8, 4) is 0 Å². The maximum absolute atomic E-state index is 13.4. The lowest BCUT2D eigenvalue weighted by atomic mass is 9.96. The van der Waals surface area contributed by atoms with E-state index in [2.05, 4.69) is 0 Å². The molecule has 0 radical (unpaired) electrons.